The molecule has 1 unspecified atom stereocenters. The van der Waals surface area contributed by atoms with Crippen LogP contribution in [0.1, 0.15) is 18.5 Å². The zero-order valence-electron chi connectivity index (χ0n) is 10.6. The van der Waals surface area contributed by atoms with Crippen LogP contribution >= 0.6 is 0 Å². The first-order chi connectivity index (χ1) is 8.60. The van der Waals surface area contributed by atoms with Crippen LogP contribution in [-0.4, -0.2) is 16.9 Å². The normalized spacial score (nSPS) is 12.2. The van der Waals surface area contributed by atoms with E-state index in [4.69, 9.17) is 4.74 Å². The first-order valence-corrected chi connectivity index (χ1v) is 5.69. The Morgan fingerprint density at radius 3 is 2.78 bits per heavy atom. The lowest BCUT2D eigenvalue weighted by molar-refractivity contribution is 0.410. The fourth-order valence-corrected chi connectivity index (χ4v) is 1.81. The number of nitrogens with zero attached hydrogens (tertiary/aromatic N) is 2. The van der Waals surface area contributed by atoms with Crippen molar-refractivity contribution >= 4 is 5.69 Å². The van der Waals surface area contributed by atoms with Crippen LogP contribution < -0.4 is 10.1 Å². The second-order valence-corrected chi connectivity index (χ2v) is 4.16. The second-order valence-electron chi connectivity index (χ2n) is 4.16. The highest BCUT2D eigenvalue weighted by atomic mass is 19.1. The molecule has 0 amide bonds. The van der Waals surface area contributed by atoms with Gasteiger partial charge >= 0.3 is 0 Å². The molecule has 2 rings (SSSR count). The molecule has 0 aliphatic carbocycles. The van der Waals surface area contributed by atoms with Gasteiger partial charge in [0.25, 0.3) is 0 Å². The van der Waals surface area contributed by atoms with Gasteiger partial charge in [-0.25, -0.2) is 4.39 Å². The molecule has 1 aromatic heterocycles. The van der Waals surface area contributed by atoms with Crippen molar-refractivity contribution in [1.82, 2.24) is 9.78 Å². The molecule has 0 aliphatic heterocycles. The number of halogens is 1. The summed E-state index contributed by atoms with van der Waals surface area (Å²) in [6, 6.07) is 4.72. The quantitative estimate of drug-likeness (QED) is 0.905. The van der Waals surface area contributed by atoms with Crippen LogP contribution in [0, 0.1) is 5.82 Å². The molecular weight excluding hydrogens is 233 g/mol. The zero-order chi connectivity index (χ0) is 13.1. The van der Waals surface area contributed by atoms with Crippen molar-refractivity contribution in [2.75, 3.05) is 12.4 Å². The molecule has 1 atom stereocenters. The van der Waals surface area contributed by atoms with Gasteiger partial charge in [0, 0.05) is 24.9 Å². The van der Waals surface area contributed by atoms with E-state index < -0.39 is 0 Å². The van der Waals surface area contributed by atoms with Crippen LogP contribution in [0.2, 0.25) is 0 Å². The van der Waals surface area contributed by atoms with Gasteiger partial charge in [-0.05, 0) is 13.0 Å². The molecule has 0 fully saturated rings. The van der Waals surface area contributed by atoms with Gasteiger partial charge in [-0.3, -0.25) is 4.68 Å². The Morgan fingerprint density at radius 2 is 2.22 bits per heavy atom. The average Bonchev–Trinajstić information content (AvgIpc) is 2.74. The summed E-state index contributed by atoms with van der Waals surface area (Å²) in [5.41, 5.74) is 1.46. The average molecular weight is 249 g/mol. The number of anilines is 1. The highest BCUT2D eigenvalue weighted by molar-refractivity contribution is 5.42. The van der Waals surface area contributed by atoms with E-state index in [9.17, 15) is 4.39 Å². The van der Waals surface area contributed by atoms with Gasteiger partial charge in [0.05, 0.1) is 25.0 Å². The Morgan fingerprint density at radius 1 is 1.44 bits per heavy atom. The summed E-state index contributed by atoms with van der Waals surface area (Å²) in [7, 11) is 3.36. The summed E-state index contributed by atoms with van der Waals surface area (Å²) in [4.78, 5) is 0. The minimum Gasteiger partial charge on any atom is -0.497 e. The fourth-order valence-electron chi connectivity index (χ4n) is 1.81. The third-order valence-corrected chi connectivity index (χ3v) is 2.76. The molecule has 4 nitrogen and oxygen atoms in total. The van der Waals surface area contributed by atoms with Gasteiger partial charge in [-0.2, -0.15) is 5.10 Å². The molecule has 1 N–H and O–H groups in total. The van der Waals surface area contributed by atoms with Gasteiger partial charge < -0.3 is 10.1 Å². The number of aromatic nitrogens is 2. The zero-order valence-corrected chi connectivity index (χ0v) is 10.6. The monoisotopic (exact) mass is 249 g/mol. The maximum absolute atomic E-state index is 13.9. The summed E-state index contributed by atoms with van der Waals surface area (Å²) in [6.45, 7) is 1.90. The van der Waals surface area contributed by atoms with E-state index in [1.165, 1.54) is 13.2 Å². The maximum atomic E-state index is 13.9. The van der Waals surface area contributed by atoms with Crippen molar-refractivity contribution in [3.63, 3.8) is 0 Å². The molecule has 0 spiro atoms. The second kappa shape index (κ2) is 5.08. The Kier molecular flexibility index (Phi) is 3.50. The molecule has 0 aliphatic rings. The number of ether oxygens (including phenoxy) is 1. The maximum Gasteiger partial charge on any atom is 0.132 e. The smallest absolute Gasteiger partial charge is 0.132 e. The predicted molar refractivity (Wildman–Crippen MR) is 68.2 cm³/mol. The number of methoxy groups -OCH3 is 1. The Balaban J connectivity index is 2.15. The molecule has 0 bridgehead atoms. The molecule has 96 valence electrons. The molecule has 0 saturated carbocycles. The van der Waals surface area contributed by atoms with Gasteiger partial charge in [0.1, 0.15) is 11.6 Å². The number of hydrogen-bond acceptors (Lipinski definition) is 3. The van der Waals surface area contributed by atoms with E-state index in [-0.39, 0.29) is 11.9 Å². The van der Waals surface area contributed by atoms with E-state index in [0.29, 0.717) is 11.3 Å². The van der Waals surface area contributed by atoms with Crippen LogP contribution in [0.25, 0.3) is 0 Å². The van der Waals surface area contributed by atoms with E-state index >= 15 is 0 Å². The highest BCUT2D eigenvalue weighted by Crippen LogP contribution is 2.24. The minimum absolute atomic E-state index is 0.139. The topological polar surface area (TPSA) is 39.1 Å². The number of hydrogen-bond donors (Lipinski definition) is 1. The van der Waals surface area contributed by atoms with Gasteiger partial charge in [0.15, 0.2) is 0 Å². The summed E-state index contributed by atoms with van der Waals surface area (Å²) < 4.78 is 20.5. The van der Waals surface area contributed by atoms with Crippen LogP contribution in [0.5, 0.6) is 5.75 Å². The molecule has 1 aromatic carbocycles. The summed E-state index contributed by atoms with van der Waals surface area (Å²) >= 11 is 0. The van der Waals surface area contributed by atoms with Crippen molar-refractivity contribution < 1.29 is 9.13 Å². The van der Waals surface area contributed by atoms with E-state index in [1.807, 2.05) is 20.2 Å². The number of benzene rings is 1. The Labute approximate surface area is 105 Å². The van der Waals surface area contributed by atoms with Crippen LogP contribution in [-0.2, 0) is 7.05 Å². The van der Waals surface area contributed by atoms with Crippen LogP contribution in [0.3, 0.4) is 0 Å². The molecule has 1 heterocycles. The first kappa shape index (κ1) is 12.4. The Hall–Kier alpha value is -2.04. The lowest BCUT2D eigenvalue weighted by Gasteiger charge is -2.15. The molecular formula is C13H16FN3O. The van der Waals surface area contributed by atoms with Crippen LogP contribution in [0.15, 0.2) is 30.6 Å². The standard InChI is InChI=1S/C13H16FN3O/c1-9(16-10-7-15-17(2)8-10)12-5-4-11(18-3)6-13(12)14/h4-9,16H,1-3H3. The van der Waals surface area contributed by atoms with E-state index in [0.717, 1.165) is 5.69 Å². The first-order valence-electron chi connectivity index (χ1n) is 5.69. The number of rotatable bonds is 4. The Bertz CT molecular complexity index is 539. The highest BCUT2D eigenvalue weighted by Gasteiger charge is 2.12. The molecule has 0 radical (unpaired) electrons. The molecule has 5 heteroatoms. The lowest BCUT2D eigenvalue weighted by atomic mass is 10.1. The van der Waals surface area contributed by atoms with E-state index in [1.54, 1.807) is 23.0 Å². The third kappa shape index (κ3) is 2.61. The molecule has 0 saturated heterocycles. The lowest BCUT2D eigenvalue weighted by Crippen LogP contribution is -2.08. The fraction of sp³-hybridized carbons (Fsp3) is 0.308. The number of nitrogens with one attached hydrogen (secondary N) is 1. The van der Waals surface area contributed by atoms with Crippen molar-refractivity contribution in [2.24, 2.45) is 7.05 Å². The van der Waals surface area contributed by atoms with Crippen molar-refractivity contribution in [3.05, 3.63) is 42.0 Å². The van der Waals surface area contributed by atoms with E-state index in [2.05, 4.69) is 10.4 Å². The third-order valence-electron chi connectivity index (χ3n) is 2.76. The van der Waals surface area contributed by atoms with Gasteiger partial charge in [-0.1, -0.05) is 6.07 Å². The molecule has 18 heavy (non-hydrogen) atoms. The van der Waals surface area contributed by atoms with Gasteiger partial charge in [-0.15, -0.1) is 0 Å². The minimum atomic E-state index is -0.279. The summed E-state index contributed by atoms with van der Waals surface area (Å²) in [5, 5.41) is 7.25. The van der Waals surface area contributed by atoms with Crippen molar-refractivity contribution in [3.8, 4) is 5.75 Å². The van der Waals surface area contributed by atoms with Crippen molar-refractivity contribution in [2.45, 2.75) is 13.0 Å². The molecule has 2 aromatic rings. The van der Waals surface area contributed by atoms with Gasteiger partial charge in [0.2, 0.25) is 0 Å². The number of aryl methyl sites for hydroxylation is 1. The van der Waals surface area contributed by atoms with Crippen molar-refractivity contribution in [1.29, 1.82) is 0 Å². The SMILES string of the molecule is COc1ccc(C(C)Nc2cnn(C)c2)c(F)c1. The van der Waals surface area contributed by atoms with Crippen LogP contribution in [0.4, 0.5) is 10.1 Å². The largest absolute Gasteiger partial charge is 0.497 e. The summed E-state index contributed by atoms with van der Waals surface area (Å²) in [5.74, 6) is 0.239. The predicted octanol–water partition coefficient (Wildman–Crippen LogP) is 2.74. The summed E-state index contributed by atoms with van der Waals surface area (Å²) in [6.07, 6.45) is 3.55.